The number of amides is 2. The van der Waals surface area contributed by atoms with E-state index in [0.29, 0.717) is 34.6 Å². The summed E-state index contributed by atoms with van der Waals surface area (Å²) in [5.74, 6) is -0.331. The number of halogens is 2. The summed E-state index contributed by atoms with van der Waals surface area (Å²) < 4.78 is 0. The third kappa shape index (κ3) is 4.41. The van der Waals surface area contributed by atoms with Crippen molar-refractivity contribution in [2.24, 2.45) is 11.8 Å². The number of hydrogen-bond donors (Lipinski definition) is 1. The van der Waals surface area contributed by atoms with Gasteiger partial charge in [-0.3, -0.25) is 14.8 Å². The molecule has 5 nitrogen and oxygen atoms in total. The summed E-state index contributed by atoms with van der Waals surface area (Å²) >= 11 is 12.3. The van der Waals surface area contributed by atoms with Crippen molar-refractivity contribution >= 4 is 35.5 Å². The van der Waals surface area contributed by atoms with Gasteiger partial charge in [0.15, 0.2) is 0 Å². The van der Waals surface area contributed by atoms with Gasteiger partial charge < -0.3 is 4.90 Å². The fourth-order valence-corrected chi connectivity index (χ4v) is 3.57. The first-order valence-corrected chi connectivity index (χ1v) is 8.86. The molecule has 7 heteroatoms. The van der Waals surface area contributed by atoms with Gasteiger partial charge in [0, 0.05) is 13.1 Å². The van der Waals surface area contributed by atoms with Crippen molar-refractivity contribution in [1.82, 2.24) is 9.96 Å². The number of rotatable bonds is 8. The molecule has 0 radical (unpaired) electrons. The maximum absolute atomic E-state index is 12.7. The summed E-state index contributed by atoms with van der Waals surface area (Å²) in [6, 6.07) is 5.36. The van der Waals surface area contributed by atoms with Gasteiger partial charge in [0.25, 0.3) is 0 Å². The van der Waals surface area contributed by atoms with Crippen LogP contribution in [0.2, 0.25) is 10.0 Å². The Morgan fingerprint density at radius 2 is 2.17 bits per heavy atom. The van der Waals surface area contributed by atoms with Crippen LogP contribution in [0.4, 0.5) is 0 Å². The Balaban J connectivity index is 2.14. The molecule has 24 heavy (non-hydrogen) atoms. The predicted octanol–water partition coefficient (Wildman–Crippen LogP) is 3.61. The first-order chi connectivity index (χ1) is 11.5. The summed E-state index contributed by atoms with van der Waals surface area (Å²) in [6.07, 6.45) is 3.26. The van der Waals surface area contributed by atoms with E-state index in [4.69, 9.17) is 23.2 Å². The highest BCUT2D eigenvalue weighted by Gasteiger charge is 2.40. The average molecular weight is 373 g/mol. The molecule has 0 aromatic heterocycles. The topological polar surface area (TPSA) is 60.9 Å². The number of nitrogens with zero attached hydrogens (tertiary/aromatic N) is 2. The molecule has 2 atom stereocenters. The van der Waals surface area contributed by atoms with Crippen LogP contribution < -0.4 is 0 Å². The van der Waals surface area contributed by atoms with Crippen LogP contribution in [0, 0.1) is 11.8 Å². The van der Waals surface area contributed by atoms with E-state index in [1.165, 1.54) is 0 Å². The van der Waals surface area contributed by atoms with E-state index >= 15 is 0 Å². The Kier molecular flexibility index (Phi) is 6.90. The Morgan fingerprint density at radius 3 is 2.83 bits per heavy atom. The molecule has 2 amide bonds. The summed E-state index contributed by atoms with van der Waals surface area (Å²) in [4.78, 5) is 25.2. The van der Waals surface area contributed by atoms with Crippen LogP contribution in [0.15, 0.2) is 18.2 Å². The molecule has 0 bridgehead atoms. The molecule has 1 N–H and O–H groups in total. The number of unbranched alkanes of at least 4 members (excludes halogenated alkanes) is 1. The van der Waals surface area contributed by atoms with Gasteiger partial charge in [0.2, 0.25) is 12.3 Å². The van der Waals surface area contributed by atoms with Crippen molar-refractivity contribution in [2.45, 2.75) is 32.7 Å². The fourth-order valence-electron chi connectivity index (χ4n) is 3.19. The zero-order chi connectivity index (χ0) is 17.7. The molecule has 1 saturated heterocycles. The lowest BCUT2D eigenvalue weighted by Crippen LogP contribution is -2.33. The standard InChI is InChI=1S/C17H22Cl2N2O3/c1-2-3-5-12-8-20(17(23)14(12)10-21(24)11-22)9-13-6-4-7-15(18)16(13)19/h4,6-7,11-12,14,24H,2-3,5,8-10H2,1H3. The van der Waals surface area contributed by atoms with Crippen molar-refractivity contribution in [3.8, 4) is 0 Å². The predicted molar refractivity (Wildman–Crippen MR) is 92.9 cm³/mol. The van der Waals surface area contributed by atoms with Gasteiger partial charge in [-0.15, -0.1) is 0 Å². The number of likely N-dealkylation sites (tertiary alicyclic amines) is 1. The maximum Gasteiger partial charge on any atom is 0.233 e. The second-order valence-electron chi connectivity index (χ2n) is 6.17. The minimum Gasteiger partial charge on any atom is -0.338 e. The highest BCUT2D eigenvalue weighted by Crippen LogP contribution is 2.33. The molecule has 132 valence electrons. The molecule has 0 saturated carbocycles. The van der Waals surface area contributed by atoms with Crippen molar-refractivity contribution < 1.29 is 14.8 Å². The van der Waals surface area contributed by atoms with Crippen LogP contribution in [0.25, 0.3) is 0 Å². The first-order valence-electron chi connectivity index (χ1n) is 8.10. The molecule has 0 spiro atoms. The number of hydrogen-bond acceptors (Lipinski definition) is 3. The summed E-state index contributed by atoms with van der Waals surface area (Å²) in [5, 5.41) is 11.0. The Hall–Kier alpha value is -1.30. The van der Waals surface area contributed by atoms with Crippen LogP contribution in [-0.4, -0.2) is 40.6 Å². The lowest BCUT2D eigenvalue weighted by Gasteiger charge is -2.19. The van der Waals surface area contributed by atoms with Gasteiger partial charge in [-0.25, -0.2) is 5.06 Å². The second kappa shape index (κ2) is 8.70. The van der Waals surface area contributed by atoms with Crippen LogP contribution in [-0.2, 0) is 16.1 Å². The Bertz CT molecular complexity index is 597. The molecule has 1 aromatic rings. The largest absolute Gasteiger partial charge is 0.338 e. The number of benzene rings is 1. The molecule has 1 heterocycles. The molecule has 1 fully saturated rings. The van der Waals surface area contributed by atoms with Gasteiger partial charge in [-0.1, -0.05) is 55.1 Å². The summed E-state index contributed by atoms with van der Waals surface area (Å²) in [7, 11) is 0. The zero-order valence-electron chi connectivity index (χ0n) is 13.6. The van der Waals surface area contributed by atoms with Gasteiger partial charge in [0.05, 0.1) is 22.5 Å². The lowest BCUT2D eigenvalue weighted by molar-refractivity contribution is -0.155. The second-order valence-corrected chi connectivity index (χ2v) is 6.95. The molecule has 1 aliphatic heterocycles. The van der Waals surface area contributed by atoms with E-state index in [1.807, 2.05) is 6.07 Å². The third-order valence-electron chi connectivity index (χ3n) is 4.48. The van der Waals surface area contributed by atoms with Crippen molar-refractivity contribution in [2.75, 3.05) is 13.1 Å². The molecular weight excluding hydrogens is 351 g/mol. The van der Waals surface area contributed by atoms with Crippen LogP contribution in [0.5, 0.6) is 0 Å². The van der Waals surface area contributed by atoms with E-state index in [1.54, 1.807) is 17.0 Å². The quantitative estimate of drug-likeness (QED) is 0.430. The Labute approximate surface area is 152 Å². The SMILES string of the molecule is CCCCC1CN(Cc2cccc(Cl)c2Cl)C(=O)C1CN(O)C=O. The minimum absolute atomic E-state index is 0.0243. The lowest BCUT2D eigenvalue weighted by atomic mass is 9.90. The maximum atomic E-state index is 12.7. The van der Waals surface area contributed by atoms with Gasteiger partial charge >= 0.3 is 0 Å². The van der Waals surface area contributed by atoms with E-state index in [9.17, 15) is 14.8 Å². The van der Waals surface area contributed by atoms with E-state index in [0.717, 1.165) is 24.8 Å². The minimum atomic E-state index is -0.385. The van der Waals surface area contributed by atoms with Crippen molar-refractivity contribution in [1.29, 1.82) is 0 Å². The molecule has 1 aliphatic rings. The highest BCUT2D eigenvalue weighted by atomic mass is 35.5. The van der Waals surface area contributed by atoms with E-state index < -0.39 is 0 Å². The normalized spacial score (nSPS) is 20.5. The summed E-state index contributed by atoms with van der Waals surface area (Å²) in [6.45, 7) is 3.10. The first kappa shape index (κ1) is 19.0. The smallest absolute Gasteiger partial charge is 0.233 e. The average Bonchev–Trinajstić information content (AvgIpc) is 2.85. The van der Waals surface area contributed by atoms with Gasteiger partial charge in [-0.2, -0.15) is 0 Å². The number of carbonyl (C=O) groups excluding carboxylic acids is 2. The number of carbonyl (C=O) groups is 2. The monoisotopic (exact) mass is 372 g/mol. The summed E-state index contributed by atoms with van der Waals surface area (Å²) in [5.41, 5.74) is 0.795. The molecule has 1 aromatic carbocycles. The fraction of sp³-hybridized carbons (Fsp3) is 0.529. The highest BCUT2D eigenvalue weighted by molar-refractivity contribution is 6.42. The van der Waals surface area contributed by atoms with Crippen LogP contribution >= 0.6 is 23.2 Å². The zero-order valence-corrected chi connectivity index (χ0v) is 15.1. The Morgan fingerprint density at radius 1 is 1.42 bits per heavy atom. The van der Waals surface area contributed by atoms with Crippen molar-refractivity contribution in [3.05, 3.63) is 33.8 Å². The van der Waals surface area contributed by atoms with Crippen LogP contribution in [0.1, 0.15) is 31.7 Å². The molecule has 2 unspecified atom stereocenters. The van der Waals surface area contributed by atoms with E-state index in [-0.39, 0.29) is 24.3 Å². The van der Waals surface area contributed by atoms with Gasteiger partial charge in [-0.05, 0) is 24.0 Å². The van der Waals surface area contributed by atoms with Crippen molar-refractivity contribution in [3.63, 3.8) is 0 Å². The molecular formula is C17H22Cl2N2O3. The van der Waals surface area contributed by atoms with Crippen LogP contribution in [0.3, 0.4) is 0 Å². The third-order valence-corrected chi connectivity index (χ3v) is 5.34. The number of hydroxylamine groups is 2. The van der Waals surface area contributed by atoms with E-state index in [2.05, 4.69) is 6.92 Å². The molecule has 0 aliphatic carbocycles. The molecule has 2 rings (SSSR count). The van der Waals surface area contributed by atoms with Gasteiger partial charge in [0.1, 0.15) is 0 Å².